The lowest BCUT2D eigenvalue weighted by Crippen LogP contribution is -2.38. The molecule has 1 aromatic carbocycles. The van der Waals surface area contributed by atoms with Crippen molar-refractivity contribution in [3.63, 3.8) is 0 Å². The van der Waals surface area contributed by atoms with E-state index in [4.69, 9.17) is 4.74 Å². The summed E-state index contributed by atoms with van der Waals surface area (Å²) in [6, 6.07) is 13.4. The van der Waals surface area contributed by atoms with Gasteiger partial charge in [-0.25, -0.2) is 4.98 Å². The van der Waals surface area contributed by atoms with Crippen LogP contribution in [-0.2, 0) is 20.7 Å². The normalized spacial score (nSPS) is 18.4. The Labute approximate surface area is 184 Å². The second-order valence-corrected chi connectivity index (χ2v) is 8.31. The van der Waals surface area contributed by atoms with Crippen LogP contribution in [0, 0.1) is 0 Å². The number of hydrogen-bond donors (Lipinski definition) is 2. The van der Waals surface area contributed by atoms with Crippen molar-refractivity contribution in [2.75, 3.05) is 11.9 Å². The van der Waals surface area contributed by atoms with Crippen molar-refractivity contribution in [2.45, 2.75) is 38.3 Å². The highest BCUT2D eigenvalue weighted by atomic mass is 32.1. The van der Waals surface area contributed by atoms with E-state index in [1.807, 2.05) is 47.8 Å². The zero-order valence-electron chi connectivity index (χ0n) is 17.2. The van der Waals surface area contributed by atoms with Gasteiger partial charge in [0.1, 0.15) is 5.01 Å². The maximum absolute atomic E-state index is 12.7. The minimum Gasteiger partial charge on any atom is -0.373 e. The molecule has 2 N–H and O–H groups in total. The summed E-state index contributed by atoms with van der Waals surface area (Å²) in [5, 5.41) is 8.66. The topological polar surface area (TPSA) is 93.2 Å². The van der Waals surface area contributed by atoms with E-state index in [0.29, 0.717) is 18.7 Å². The fraction of sp³-hybridized carbons (Fsp3) is 0.304. The number of carbonyl (C=O) groups excluding carboxylic acids is 2. The Balaban J connectivity index is 1.42. The average molecular weight is 437 g/mol. The minimum absolute atomic E-state index is 0.0411. The van der Waals surface area contributed by atoms with Gasteiger partial charge in [0, 0.05) is 42.4 Å². The predicted molar refractivity (Wildman–Crippen MR) is 120 cm³/mol. The van der Waals surface area contributed by atoms with Gasteiger partial charge in [0.2, 0.25) is 11.8 Å². The molecule has 8 heteroatoms. The highest BCUT2D eigenvalue weighted by Gasteiger charge is 2.26. The molecule has 3 heterocycles. The van der Waals surface area contributed by atoms with Gasteiger partial charge in [-0.2, -0.15) is 0 Å². The molecule has 2 atom stereocenters. The summed E-state index contributed by atoms with van der Waals surface area (Å²) >= 11 is 1.47. The fourth-order valence-corrected chi connectivity index (χ4v) is 4.47. The first-order valence-electron chi connectivity index (χ1n) is 10.2. The second kappa shape index (κ2) is 9.80. The quantitative estimate of drug-likeness (QED) is 0.614. The third kappa shape index (κ3) is 5.53. The maximum Gasteiger partial charge on any atom is 0.230 e. The summed E-state index contributed by atoms with van der Waals surface area (Å²) in [4.78, 5) is 33.0. The number of thiazole rings is 1. The van der Waals surface area contributed by atoms with E-state index in [0.717, 1.165) is 28.4 Å². The van der Waals surface area contributed by atoms with Crippen LogP contribution in [0.5, 0.6) is 0 Å². The molecule has 0 radical (unpaired) electrons. The van der Waals surface area contributed by atoms with Crippen LogP contribution in [0.1, 0.15) is 37.1 Å². The van der Waals surface area contributed by atoms with Crippen LogP contribution in [0.2, 0.25) is 0 Å². The molecule has 7 nitrogen and oxygen atoms in total. The number of para-hydroxylation sites is 1. The van der Waals surface area contributed by atoms with Gasteiger partial charge in [-0.3, -0.25) is 14.6 Å². The Morgan fingerprint density at radius 2 is 2.03 bits per heavy atom. The molecule has 2 aromatic heterocycles. The van der Waals surface area contributed by atoms with Crippen molar-refractivity contribution in [3.05, 3.63) is 65.3 Å². The molecule has 3 aromatic rings. The summed E-state index contributed by atoms with van der Waals surface area (Å²) < 4.78 is 5.95. The third-order valence-corrected chi connectivity index (χ3v) is 5.96. The van der Waals surface area contributed by atoms with Gasteiger partial charge in [-0.05, 0) is 31.0 Å². The molecule has 1 saturated heterocycles. The molecule has 0 aliphatic carbocycles. The summed E-state index contributed by atoms with van der Waals surface area (Å²) in [6.07, 6.45) is 3.18. The maximum atomic E-state index is 12.7. The van der Waals surface area contributed by atoms with E-state index in [-0.39, 0.29) is 30.4 Å². The first-order valence-corrected chi connectivity index (χ1v) is 11.1. The van der Waals surface area contributed by atoms with Crippen LogP contribution in [0.25, 0.3) is 10.7 Å². The van der Waals surface area contributed by atoms with Crippen molar-refractivity contribution in [2.24, 2.45) is 0 Å². The summed E-state index contributed by atoms with van der Waals surface area (Å²) in [7, 11) is 0. The van der Waals surface area contributed by atoms with Crippen LogP contribution in [-0.4, -0.2) is 34.4 Å². The molecule has 160 valence electrons. The highest BCUT2D eigenvalue weighted by molar-refractivity contribution is 7.13. The number of anilines is 1. The Morgan fingerprint density at radius 3 is 2.84 bits per heavy atom. The van der Waals surface area contributed by atoms with Crippen LogP contribution in [0.3, 0.4) is 0 Å². The number of rotatable bonds is 6. The number of nitrogens with one attached hydrogen (secondary N) is 2. The van der Waals surface area contributed by atoms with E-state index in [1.54, 1.807) is 6.20 Å². The molecular formula is C23H24N4O3S. The Bertz CT molecular complexity index is 1050. The number of ether oxygens (including phenoxy) is 1. The van der Waals surface area contributed by atoms with E-state index in [2.05, 4.69) is 20.6 Å². The standard InChI is InChI=1S/C23H24N4O3S/c1-15(28)25-16-9-11-30-21(12-16)18-6-2-3-7-19(18)27-22(29)13-17-14-31-23(26-17)20-8-4-5-10-24-20/h2-8,10,14,16,21H,9,11-13H2,1H3,(H,25,28)(H,27,29)/t16-,21+/m1/s1. The molecule has 1 fully saturated rings. The number of carbonyl (C=O) groups is 2. The van der Waals surface area contributed by atoms with Crippen LogP contribution >= 0.6 is 11.3 Å². The minimum atomic E-state index is -0.183. The zero-order chi connectivity index (χ0) is 21.6. The smallest absolute Gasteiger partial charge is 0.230 e. The lowest BCUT2D eigenvalue weighted by Gasteiger charge is -2.31. The van der Waals surface area contributed by atoms with E-state index in [9.17, 15) is 9.59 Å². The summed E-state index contributed by atoms with van der Waals surface area (Å²) in [5.74, 6) is -0.180. The molecule has 31 heavy (non-hydrogen) atoms. The molecule has 1 aliphatic heterocycles. The van der Waals surface area contributed by atoms with E-state index >= 15 is 0 Å². The van der Waals surface area contributed by atoms with Gasteiger partial charge in [0.15, 0.2) is 0 Å². The van der Waals surface area contributed by atoms with Crippen molar-refractivity contribution >= 4 is 28.8 Å². The molecular weight excluding hydrogens is 412 g/mol. The van der Waals surface area contributed by atoms with Crippen molar-refractivity contribution < 1.29 is 14.3 Å². The van der Waals surface area contributed by atoms with Gasteiger partial charge in [-0.1, -0.05) is 24.3 Å². The molecule has 0 bridgehead atoms. The average Bonchev–Trinajstić information content (AvgIpc) is 3.23. The molecule has 0 saturated carbocycles. The number of hydrogen-bond acceptors (Lipinski definition) is 6. The number of pyridine rings is 1. The largest absolute Gasteiger partial charge is 0.373 e. The van der Waals surface area contributed by atoms with Crippen molar-refractivity contribution in [1.29, 1.82) is 0 Å². The van der Waals surface area contributed by atoms with Gasteiger partial charge < -0.3 is 15.4 Å². The molecule has 0 spiro atoms. The van der Waals surface area contributed by atoms with Gasteiger partial charge in [0.25, 0.3) is 0 Å². The van der Waals surface area contributed by atoms with Gasteiger partial charge >= 0.3 is 0 Å². The zero-order valence-corrected chi connectivity index (χ0v) is 18.0. The fourth-order valence-electron chi connectivity index (χ4n) is 3.68. The third-order valence-electron chi connectivity index (χ3n) is 5.05. The Kier molecular flexibility index (Phi) is 6.69. The first-order chi connectivity index (χ1) is 15.1. The Morgan fingerprint density at radius 1 is 1.19 bits per heavy atom. The lowest BCUT2D eigenvalue weighted by atomic mass is 9.96. The summed E-state index contributed by atoms with van der Waals surface area (Å²) in [5.41, 5.74) is 3.15. The number of nitrogens with zero attached hydrogens (tertiary/aromatic N) is 2. The second-order valence-electron chi connectivity index (χ2n) is 7.45. The first kappa shape index (κ1) is 21.1. The van der Waals surface area contributed by atoms with Gasteiger partial charge in [0.05, 0.1) is 23.9 Å². The van der Waals surface area contributed by atoms with Crippen LogP contribution in [0.4, 0.5) is 5.69 Å². The Hall–Kier alpha value is -3.10. The SMILES string of the molecule is CC(=O)N[C@@H]1CCO[C@H](c2ccccc2NC(=O)Cc2csc(-c3ccccn3)n2)C1. The number of amides is 2. The van der Waals surface area contributed by atoms with Crippen LogP contribution in [0.15, 0.2) is 54.0 Å². The highest BCUT2D eigenvalue weighted by Crippen LogP contribution is 2.33. The lowest BCUT2D eigenvalue weighted by molar-refractivity contribution is -0.120. The monoisotopic (exact) mass is 436 g/mol. The predicted octanol–water partition coefficient (Wildman–Crippen LogP) is 3.74. The van der Waals surface area contributed by atoms with Crippen molar-refractivity contribution in [1.82, 2.24) is 15.3 Å². The van der Waals surface area contributed by atoms with Crippen LogP contribution < -0.4 is 10.6 Å². The number of aromatic nitrogens is 2. The summed E-state index contributed by atoms with van der Waals surface area (Å²) in [6.45, 7) is 2.09. The van der Waals surface area contributed by atoms with E-state index in [1.165, 1.54) is 18.3 Å². The molecule has 2 amide bonds. The van der Waals surface area contributed by atoms with E-state index < -0.39 is 0 Å². The van der Waals surface area contributed by atoms with Gasteiger partial charge in [-0.15, -0.1) is 11.3 Å². The molecule has 0 unspecified atom stereocenters. The van der Waals surface area contributed by atoms with Crippen molar-refractivity contribution in [3.8, 4) is 10.7 Å². The number of benzene rings is 1. The molecule has 4 rings (SSSR count). The molecule has 1 aliphatic rings.